The molecule has 2 aliphatic rings. The molecule has 0 radical (unpaired) electrons. The second-order valence-electron chi connectivity index (χ2n) is 7.38. The van der Waals surface area contributed by atoms with Crippen molar-refractivity contribution in [2.75, 3.05) is 6.26 Å². The fourth-order valence-corrected chi connectivity index (χ4v) is 4.59. The lowest BCUT2D eigenvalue weighted by atomic mass is 9.96. The van der Waals surface area contributed by atoms with Gasteiger partial charge in [-0.2, -0.15) is 11.8 Å². The Hall–Kier alpha value is -1.24. The van der Waals surface area contributed by atoms with Crippen LogP contribution in [-0.4, -0.2) is 44.3 Å². The molecule has 2 aliphatic carbocycles. The van der Waals surface area contributed by atoms with Crippen molar-refractivity contribution in [2.24, 2.45) is 12.0 Å². The zero-order valence-corrected chi connectivity index (χ0v) is 16.6. The third kappa shape index (κ3) is 5.12. The molecule has 0 aliphatic heterocycles. The number of aryl methyl sites for hydroxylation is 1. The average Bonchev–Trinajstić information content (AvgIpc) is 3.21. The molecule has 1 aromatic rings. The van der Waals surface area contributed by atoms with E-state index in [0.717, 1.165) is 22.9 Å². The van der Waals surface area contributed by atoms with Crippen LogP contribution in [0.5, 0.6) is 0 Å². The molecular formula is C18H32N6S. The van der Waals surface area contributed by atoms with Gasteiger partial charge < -0.3 is 15.2 Å². The van der Waals surface area contributed by atoms with Crippen molar-refractivity contribution in [1.29, 1.82) is 0 Å². The standard InChI is InChI=1S/C18H32N6S/c1-13-22-23-17(24(13)2)12-19-18(20-14-7-5-4-6-8-14)21-15-9-10-16(11-15)25-3/h14-16H,4-12H2,1-3H3,(H2,19,20,21). The van der Waals surface area contributed by atoms with Crippen molar-refractivity contribution in [2.45, 2.75) is 82.2 Å². The number of aliphatic imine (C=N–C) groups is 1. The first-order chi connectivity index (χ1) is 12.2. The van der Waals surface area contributed by atoms with Crippen LogP contribution in [0.15, 0.2) is 4.99 Å². The van der Waals surface area contributed by atoms with Gasteiger partial charge in [0.1, 0.15) is 12.4 Å². The van der Waals surface area contributed by atoms with Gasteiger partial charge >= 0.3 is 0 Å². The summed E-state index contributed by atoms with van der Waals surface area (Å²) >= 11 is 1.99. The molecule has 2 saturated carbocycles. The maximum Gasteiger partial charge on any atom is 0.192 e. The van der Waals surface area contributed by atoms with Crippen molar-refractivity contribution in [1.82, 2.24) is 25.4 Å². The Morgan fingerprint density at radius 3 is 2.52 bits per heavy atom. The predicted molar refractivity (Wildman–Crippen MR) is 105 cm³/mol. The van der Waals surface area contributed by atoms with E-state index in [1.54, 1.807) is 0 Å². The maximum atomic E-state index is 4.84. The third-order valence-corrected chi connectivity index (χ3v) is 6.66. The monoisotopic (exact) mass is 364 g/mol. The highest BCUT2D eigenvalue weighted by molar-refractivity contribution is 7.99. The fraction of sp³-hybridized carbons (Fsp3) is 0.833. The summed E-state index contributed by atoms with van der Waals surface area (Å²) in [5, 5.41) is 16.5. The summed E-state index contributed by atoms with van der Waals surface area (Å²) in [5.41, 5.74) is 0. The van der Waals surface area contributed by atoms with Crippen molar-refractivity contribution < 1.29 is 0 Å². The molecule has 140 valence electrons. The number of hydrogen-bond acceptors (Lipinski definition) is 4. The Bertz CT molecular complexity index is 578. The van der Waals surface area contributed by atoms with E-state index in [9.17, 15) is 0 Å². The number of thioether (sulfide) groups is 1. The Labute approximate surface area is 155 Å². The third-order valence-electron chi connectivity index (χ3n) is 5.57. The Balaban J connectivity index is 1.64. The molecule has 0 saturated heterocycles. The molecule has 3 rings (SSSR count). The van der Waals surface area contributed by atoms with Crippen LogP contribution in [0, 0.1) is 6.92 Å². The number of aromatic nitrogens is 3. The van der Waals surface area contributed by atoms with E-state index in [1.165, 1.54) is 51.4 Å². The molecule has 7 heteroatoms. The van der Waals surface area contributed by atoms with Gasteiger partial charge in [0.15, 0.2) is 11.8 Å². The minimum atomic E-state index is 0.536. The van der Waals surface area contributed by atoms with Crippen LogP contribution >= 0.6 is 11.8 Å². The van der Waals surface area contributed by atoms with Crippen molar-refractivity contribution in [3.63, 3.8) is 0 Å². The lowest BCUT2D eigenvalue weighted by molar-refractivity contribution is 0.407. The summed E-state index contributed by atoms with van der Waals surface area (Å²) in [6.45, 7) is 2.54. The van der Waals surface area contributed by atoms with Crippen LogP contribution < -0.4 is 10.6 Å². The van der Waals surface area contributed by atoms with Gasteiger partial charge in [-0.3, -0.25) is 0 Å². The Morgan fingerprint density at radius 2 is 1.88 bits per heavy atom. The number of rotatable bonds is 5. The van der Waals surface area contributed by atoms with Crippen LogP contribution in [0.25, 0.3) is 0 Å². The van der Waals surface area contributed by atoms with E-state index in [0.29, 0.717) is 18.6 Å². The van der Waals surface area contributed by atoms with Gasteiger partial charge in [0.05, 0.1) is 0 Å². The molecule has 0 aromatic carbocycles. The van der Waals surface area contributed by atoms with Crippen molar-refractivity contribution in [3.05, 3.63) is 11.6 Å². The lowest BCUT2D eigenvalue weighted by Crippen LogP contribution is -2.47. The minimum absolute atomic E-state index is 0.536. The Kier molecular flexibility index (Phi) is 6.62. The largest absolute Gasteiger partial charge is 0.354 e. The number of hydrogen-bond donors (Lipinski definition) is 2. The molecule has 0 spiro atoms. The molecule has 2 unspecified atom stereocenters. The average molecular weight is 365 g/mol. The van der Waals surface area contributed by atoms with E-state index in [4.69, 9.17) is 4.99 Å². The molecule has 2 atom stereocenters. The zero-order chi connectivity index (χ0) is 17.6. The summed E-state index contributed by atoms with van der Waals surface area (Å²) < 4.78 is 2.01. The van der Waals surface area contributed by atoms with Crippen LogP contribution in [-0.2, 0) is 13.6 Å². The fourth-order valence-electron chi connectivity index (χ4n) is 3.79. The van der Waals surface area contributed by atoms with E-state index in [1.807, 2.05) is 30.3 Å². The van der Waals surface area contributed by atoms with Gasteiger partial charge in [-0.15, -0.1) is 10.2 Å². The van der Waals surface area contributed by atoms with Gasteiger partial charge in [-0.1, -0.05) is 19.3 Å². The normalized spacial score (nSPS) is 25.3. The summed E-state index contributed by atoms with van der Waals surface area (Å²) in [5.74, 6) is 2.80. The molecule has 0 bridgehead atoms. The lowest BCUT2D eigenvalue weighted by Gasteiger charge is -2.26. The summed E-state index contributed by atoms with van der Waals surface area (Å²) in [6.07, 6.45) is 12.5. The van der Waals surface area contributed by atoms with Gasteiger partial charge in [0.25, 0.3) is 0 Å². The highest BCUT2D eigenvalue weighted by Gasteiger charge is 2.25. The molecular weight excluding hydrogens is 332 g/mol. The van der Waals surface area contributed by atoms with E-state index in [-0.39, 0.29) is 0 Å². The van der Waals surface area contributed by atoms with Gasteiger partial charge in [0, 0.05) is 24.4 Å². The summed E-state index contributed by atoms with van der Waals surface area (Å²) in [6, 6.07) is 1.09. The van der Waals surface area contributed by atoms with Crippen LogP contribution in [0.3, 0.4) is 0 Å². The van der Waals surface area contributed by atoms with Gasteiger partial charge in [-0.05, 0) is 45.3 Å². The smallest absolute Gasteiger partial charge is 0.192 e. The van der Waals surface area contributed by atoms with E-state index < -0.39 is 0 Å². The Morgan fingerprint density at radius 1 is 1.12 bits per heavy atom. The van der Waals surface area contributed by atoms with Crippen LogP contribution in [0.4, 0.5) is 0 Å². The molecule has 1 heterocycles. The minimum Gasteiger partial charge on any atom is -0.354 e. The molecule has 25 heavy (non-hydrogen) atoms. The number of nitrogens with zero attached hydrogens (tertiary/aromatic N) is 4. The molecule has 2 fully saturated rings. The molecule has 2 N–H and O–H groups in total. The highest BCUT2D eigenvalue weighted by atomic mass is 32.2. The molecule has 6 nitrogen and oxygen atoms in total. The zero-order valence-electron chi connectivity index (χ0n) is 15.8. The summed E-state index contributed by atoms with van der Waals surface area (Å²) in [7, 11) is 2.00. The van der Waals surface area contributed by atoms with Crippen molar-refractivity contribution >= 4 is 17.7 Å². The first-order valence-corrected chi connectivity index (χ1v) is 10.9. The molecule has 0 amide bonds. The number of guanidine groups is 1. The predicted octanol–water partition coefficient (Wildman–Crippen LogP) is 2.78. The van der Waals surface area contributed by atoms with Gasteiger partial charge in [0.2, 0.25) is 0 Å². The highest BCUT2D eigenvalue weighted by Crippen LogP contribution is 2.28. The first kappa shape index (κ1) is 18.5. The number of nitrogens with one attached hydrogen (secondary N) is 2. The van der Waals surface area contributed by atoms with Crippen LogP contribution in [0.1, 0.15) is 63.0 Å². The van der Waals surface area contributed by atoms with E-state index in [2.05, 4.69) is 27.1 Å². The quantitative estimate of drug-likeness (QED) is 0.621. The summed E-state index contributed by atoms with van der Waals surface area (Å²) in [4.78, 5) is 4.84. The van der Waals surface area contributed by atoms with Gasteiger partial charge in [-0.25, -0.2) is 4.99 Å². The van der Waals surface area contributed by atoms with E-state index >= 15 is 0 Å². The SMILES string of the molecule is CSC1CCC(NC(=NCc2nnc(C)n2C)NC2CCCCC2)C1. The second-order valence-corrected chi connectivity index (χ2v) is 8.52. The topological polar surface area (TPSA) is 67.1 Å². The van der Waals surface area contributed by atoms with Crippen LogP contribution in [0.2, 0.25) is 0 Å². The second kappa shape index (κ2) is 8.92. The molecule has 1 aromatic heterocycles. The maximum absolute atomic E-state index is 4.84. The first-order valence-electron chi connectivity index (χ1n) is 9.61. The van der Waals surface area contributed by atoms with Crippen molar-refractivity contribution in [3.8, 4) is 0 Å².